The number of carbonyl (C=O) groups is 1. The molecule has 1 N–H and O–H groups in total. The maximum absolute atomic E-state index is 12.4. The van der Waals surface area contributed by atoms with E-state index in [-0.39, 0.29) is 12.0 Å². The molecule has 2 aliphatic heterocycles. The summed E-state index contributed by atoms with van der Waals surface area (Å²) in [5, 5.41) is 4.05. The van der Waals surface area contributed by atoms with Gasteiger partial charge >= 0.3 is 0 Å². The first-order chi connectivity index (χ1) is 11.5. The zero-order valence-electron chi connectivity index (χ0n) is 14.4. The quantitative estimate of drug-likeness (QED) is 0.832. The van der Waals surface area contributed by atoms with Crippen molar-refractivity contribution in [1.82, 2.24) is 9.80 Å². The van der Waals surface area contributed by atoms with Gasteiger partial charge in [0, 0.05) is 38.5 Å². The minimum Gasteiger partial charge on any atom is -0.368 e. The van der Waals surface area contributed by atoms with Gasteiger partial charge in [0.25, 0.3) is 5.91 Å². The highest BCUT2D eigenvalue weighted by atomic mass is 32.1. The van der Waals surface area contributed by atoms with Crippen molar-refractivity contribution < 1.29 is 9.53 Å². The number of piperazine rings is 1. The fourth-order valence-corrected chi connectivity index (χ4v) is 3.66. The van der Waals surface area contributed by atoms with E-state index in [2.05, 4.69) is 42.3 Å². The first-order valence-electron chi connectivity index (χ1n) is 8.57. The summed E-state index contributed by atoms with van der Waals surface area (Å²) < 4.78 is 5.50. The highest BCUT2D eigenvalue weighted by Gasteiger charge is 2.30. The average molecular weight is 347 g/mol. The van der Waals surface area contributed by atoms with E-state index < -0.39 is 0 Å². The second-order valence-corrected chi connectivity index (χ2v) is 7.01. The zero-order chi connectivity index (χ0) is 17.1. The van der Waals surface area contributed by atoms with Crippen molar-refractivity contribution in [1.29, 1.82) is 0 Å². The van der Waals surface area contributed by atoms with Crippen molar-refractivity contribution in [2.75, 3.05) is 38.1 Å². The summed E-state index contributed by atoms with van der Waals surface area (Å²) in [5.74, 6) is 0.139. The molecule has 2 heterocycles. The third-order valence-electron chi connectivity index (χ3n) is 4.56. The van der Waals surface area contributed by atoms with Crippen LogP contribution >= 0.6 is 12.2 Å². The van der Waals surface area contributed by atoms with Crippen LogP contribution in [0.25, 0.3) is 0 Å². The van der Waals surface area contributed by atoms with Crippen molar-refractivity contribution >= 4 is 28.9 Å². The number of amides is 1. The number of ether oxygens (including phenoxy) is 1. The number of benzene rings is 1. The van der Waals surface area contributed by atoms with Crippen LogP contribution in [0, 0.1) is 13.8 Å². The molecule has 2 saturated heterocycles. The number of nitrogens with one attached hydrogen (secondary N) is 1. The van der Waals surface area contributed by atoms with E-state index in [9.17, 15) is 4.79 Å². The second-order valence-electron chi connectivity index (χ2n) is 6.62. The van der Waals surface area contributed by atoms with Crippen molar-refractivity contribution in [3.63, 3.8) is 0 Å². The van der Waals surface area contributed by atoms with Gasteiger partial charge in [0.1, 0.15) is 6.10 Å². The maximum Gasteiger partial charge on any atom is 0.251 e. The first-order valence-corrected chi connectivity index (χ1v) is 8.98. The van der Waals surface area contributed by atoms with Crippen LogP contribution in [0.2, 0.25) is 0 Å². The van der Waals surface area contributed by atoms with Crippen LogP contribution in [0.4, 0.5) is 5.69 Å². The summed E-state index contributed by atoms with van der Waals surface area (Å²) >= 11 is 5.54. The molecule has 0 saturated carbocycles. The molecule has 1 aromatic carbocycles. The van der Waals surface area contributed by atoms with Crippen molar-refractivity contribution in [3.05, 3.63) is 29.3 Å². The first kappa shape index (κ1) is 17.2. The van der Waals surface area contributed by atoms with E-state index in [0.717, 1.165) is 36.7 Å². The molecule has 0 radical (unpaired) electrons. The molecule has 0 aliphatic carbocycles. The Morgan fingerprint density at radius 2 is 1.75 bits per heavy atom. The van der Waals surface area contributed by atoms with Crippen LogP contribution in [0.1, 0.15) is 24.0 Å². The molecule has 6 heteroatoms. The standard InChI is InChI=1S/C18H25N3O2S/c1-13-10-14(2)12-15(11-13)19-18(24)21-7-5-20(6-8-21)17(22)16-4-3-9-23-16/h10-12,16H,3-9H2,1-2H3,(H,19,24)/t16-/m1/s1. The lowest BCUT2D eigenvalue weighted by molar-refractivity contribution is -0.142. The van der Waals surface area contributed by atoms with Gasteiger partial charge in [-0.25, -0.2) is 0 Å². The Balaban J connectivity index is 1.52. The lowest BCUT2D eigenvalue weighted by atomic mass is 10.1. The highest BCUT2D eigenvalue weighted by Crippen LogP contribution is 2.17. The molecule has 0 bridgehead atoms. The predicted octanol–water partition coefficient (Wildman–Crippen LogP) is 2.32. The van der Waals surface area contributed by atoms with E-state index in [1.165, 1.54) is 11.1 Å². The Labute approximate surface area is 149 Å². The summed E-state index contributed by atoms with van der Waals surface area (Å²) in [6, 6.07) is 6.33. The van der Waals surface area contributed by atoms with Gasteiger partial charge in [0.05, 0.1) is 0 Å². The number of hydrogen-bond acceptors (Lipinski definition) is 3. The van der Waals surface area contributed by atoms with Crippen molar-refractivity contribution in [3.8, 4) is 0 Å². The molecule has 1 aromatic rings. The fourth-order valence-electron chi connectivity index (χ4n) is 3.36. The summed E-state index contributed by atoms with van der Waals surface area (Å²) in [6.45, 7) is 7.79. The van der Waals surface area contributed by atoms with Gasteiger partial charge in [-0.1, -0.05) is 6.07 Å². The molecule has 2 aliphatic rings. The minimum absolute atomic E-state index is 0.139. The Morgan fingerprint density at radius 1 is 1.12 bits per heavy atom. The Kier molecular flexibility index (Phi) is 5.36. The van der Waals surface area contributed by atoms with Gasteiger partial charge in [0.2, 0.25) is 0 Å². The summed E-state index contributed by atoms with van der Waals surface area (Å²) in [4.78, 5) is 16.4. The molecule has 3 rings (SSSR count). The van der Waals surface area contributed by atoms with Gasteiger partial charge < -0.3 is 19.9 Å². The zero-order valence-corrected chi connectivity index (χ0v) is 15.2. The normalized spacial score (nSPS) is 21.0. The molecule has 130 valence electrons. The smallest absolute Gasteiger partial charge is 0.251 e. The van der Waals surface area contributed by atoms with Crippen molar-refractivity contribution in [2.45, 2.75) is 32.8 Å². The van der Waals surface area contributed by atoms with Crippen LogP contribution in [0.3, 0.4) is 0 Å². The predicted molar refractivity (Wildman–Crippen MR) is 99.3 cm³/mol. The molecule has 1 atom stereocenters. The molecule has 5 nitrogen and oxygen atoms in total. The van der Waals surface area contributed by atoms with Crippen LogP contribution in [-0.2, 0) is 9.53 Å². The SMILES string of the molecule is Cc1cc(C)cc(NC(=S)N2CCN(C(=O)[C@H]3CCCO3)CC2)c1. The Hall–Kier alpha value is -1.66. The molecule has 0 aromatic heterocycles. The molecular formula is C18H25N3O2S. The summed E-state index contributed by atoms with van der Waals surface area (Å²) in [7, 11) is 0. The third kappa shape index (κ3) is 4.05. The molecule has 1 amide bonds. The number of anilines is 1. The van der Waals surface area contributed by atoms with Crippen LogP contribution in [0.5, 0.6) is 0 Å². The lowest BCUT2D eigenvalue weighted by Crippen LogP contribution is -2.53. The fraction of sp³-hybridized carbons (Fsp3) is 0.556. The Bertz CT molecular complexity index is 600. The lowest BCUT2D eigenvalue weighted by Gasteiger charge is -2.37. The highest BCUT2D eigenvalue weighted by molar-refractivity contribution is 7.80. The number of thiocarbonyl (C=S) groups is 1. The van der Waals surface area contributed by atoms with Gasteiger partial charge in [-0.2, -0.15) is 0 Å². The van der Waals surface area contributed by atoms with Crippen LogP contribution in [-0.4, -0.2) is 59.7 Å². The van der Waals surface area contributed by atoms with Gasteiger partial charge in [-0.05, 0) is 62.2 Å². The minimum atomic E-state index is -0.225. The van der Waals surface area contributed by atoms with Gasteiger partial charge in [0.15, 0.2) is 5.11 Å². The van der Waals surface area contributed by atoms with E-state index >= 15 is 0 Å². The van der Waals surface area contributed by atoms with Crippen LogP contribution in [0.15, 0.2) is 18.2 Å². The van der Waals surface area contributed by atoms with Crippen LogP contribution < -0.4 is 5.32 Å². The average Bonchev–Trinajstić information content (AvgIpc) is 3.07. The Morgan fingerprint density at radius 3 is 2.33 bits per heavy atom. The number of aryl methyl sites for hydroxylation is 2. The molecule has 2 fully saturated rings. The molecule has 0 unspecified atom stereocenters. The number of carbonyl (C=O) groups excluding carboxylic acids is 1. The summed E-state index contributed by atoms with van der Waals surface area (Å²) in [6.07, 6.45) is 1.61. The largest absolute Gasteiger partial charge is 0.368 e. The maximum atomic E-state index is 12.4. The van der Waals surface area contributed by atoms with E-state index in [4.69, 9.17) is 17.0 Å². The summed E-state index contributed by atoms with van der Waals surface area (Å²) in [5.41, 5.74) is 3.45. The van der Waals surface area contributed by atoms with Crippen molar-refractivity contribution in [2.24, 2.45) is 0 Å². The second kappa shape index (κ2) is 7.49. The number of rotatable bonds is 2. The number of nitrogens with zero attached hydrogens (tertiary/aromatic N) is 2. The molecule has 24 heavy (non-hydrogen) atoms. The van der Waals surface area contributed by atoms with Gasteiger partial charge in [-0.3, -0.25) is 4.79 Å². The number of hydrogen-bond donors (Lipinski definition) is 1. The molecule has 0 spiro atoms. The van der Waals surface area contributed by atoms with Gasteiger partial charge in [-0.15, -0.1) is 0 Å². The monoisotopic (exact) mass is 347 g/mol. The van der Waals surface area contributed by atoms with E-state index in [0.29, 0.717) is 19.7 Å². The third-order valence-corrected chi connectivity index (χ3v) is 4.92. The van der Waals surface area contributed by atoms with E-state index in [1.54, 1.807) is 0 Å². The van der Waals surface area contributed by atoms with E-state index in [1.807, 2.05) is 4.90 Å². The topological polar surface area (TPSA) is 44.8 Å². The molecular weight excluding hydrogens is 322 g/mol.